The van der Waals surface area contributed by atoms with Crippen molar-refractivity contribution in [2.24, 2.45) is 0 Å². The summed E-state index contributed by atoms with van der Waals surface area (Å²) in [6.07, 6.45) is 2.19. The second-order valence-corrected chi connectivity index (χ2v) is 5.32. The van der Waals surface area contributed by atoms with Crippen molar-refractivity contribution >= 4 is 16.8 Å². The average molecular weight is 304 g/mol. The summed E-state index contributed by atoms with van der Waals surface area (Å²) < 4.78 is 16.1. The van der Waals surface area contributed by atoms with Crippen molar-refractivity contribution in [2.45, 2.75) is 18.9 Å². The maximum Gasteiger partial charge on any atom is 0.267 e. The van der Waals surface area contributed by atoms with E-state index in [0.29, 0.717) is 23.7 Å². The van der Waals surface area contributed by atoms with Crippen LogP contribution < -0.4 is 14.8 Å². The normalized spacial score (nSPS) is 17.6. The third-order valence-corrected chi connectivity index (χ3v) is 3.88. The molecule has 3 rings (SSSR count). The van der Waals surface area contributed by atoms with Gasteiger partial charge in [-0.15, -0.1) is 0 Å². The molecule has 1 saturated heterocycles. The van der Waals surface area contributed by atoms with Gasteiger partial charge in [-0.1, -0.05) is 0 Å². The Morgan fingerprint density at radius 1 is 1.36 bits per heavy atom. The van der Waals surface area contributed by atoms with Gasteiger partial charge in [0, 0.05) is 24.6 Å². The van der Waals surface area contributed by atoms with E-state index in [2.05, 4.69) is 10.3 Å². The number of carbonyl (C=O) groups is 1. The fraction of sp³-hybridized carbons (Fsp3) is 0.438. The van der Waals surface area contributed by atoms with E-state index in [1.165, 1.54) is 0 Å². The minimum Gasteiger partial charge on any atom is -0.497 e. The minimum absolute atomic E-state index is 0.128. The van der Waals surface area contributed by atoms with Crippen molar-refractivity contribution in [1.29, 1.82) is 0 Å². The van der Waals surface area contributed by atoms with Crippen LogP contribution in [-0.4, -0.2) is 44.4 Å². The molecule has 6 heteroatoms. The maximum absolute atomic E-state index is 12.3. The summed E-state index contributed by atoms with van der Waals surface area (Å²) in [6.45, 7) is 1.32. The predicted molar refractivity (Wildman–Crippen MR) is 82.7 cm³/mol. The number of benzene rings is 1. The van der Waals surface area contributed by atoms with Gasteiger partial charge in [-0.05, 0) is 25.0 Å². The molecule has 1 atom stereocenters. The zero-order valence-corrected chi connectivity index (χ0v) is 12.8. The van der Waals surface area contributed by atoms with E-state index >= 15 is 0 Å². The fourth-order valence-corrected chi connectivity index (χ4v) is 2.69. The number of nitrogens with one attached hydrogen (secondary N) is 2. The van der Waals surface area contributed by atoms with Crippen molar-refractivity contribution < 1.29 is 19.0 Å². The molecule has 2 aromatic rings. The summed E-state index contributed by atoms with van der Waals surface area (Å²) in [5, 5.41) is 3.77. The third kappa shape index (κ3) is 2.87. The Kier molecular flexibility index (Phi) is 4.20. The Morgan fingerprint density at radius 3 is 2.91 bits per heavy atom. The summed E-state index contributed by atoms with van der Waals surface area (Å²) in [4.78, 5) is 15.4. The van der Waals surface area contributed by atoms with E-state index in [1.807, 2.05) is 6.07 Å². The molecule has 22 heavy (non-hydrogen) atoms. The molecule has 118 valence electrons. The van der Waals surface area contributed by atoms with Crippen LogP contribution in [0.3, 0.4) is 0 Å². The molecule has 0 radical (unpaired) electrons. The van der Waals surface area contributed by atoms with Crippen LogP contribution >= 0.6 is 0 Å². The summed E-state index contributed by atoms with van der Waals surface area (Å²) in [5.74, 6) is 1.19. The average Bonchev–Trinajstić information content (AvgIpc) is 3.20. The molecule has 1 amide bonds. The van der Waals surface area contributed by atoms with Crippen LogP contribution in [0.15, 0.2) is 18.2 Å². The molecule has 1 aliphatic heterocycles. The zero-order chi connectivity index (χ0) is 15.5. The van der Waals surface area contributed by atoms with Gasteiger partial charge in [0.15, 0.2) is 0 Å². The number of aromatic nitrogens is 1. The Labute approximate surface area is 128 Å². The molecule has 2 heterocycles. The molecule has 1 aliphatic rings. The van der Waals surface area contributed by atoms with Crippen LogP contribution in [0.5, 0.6) is 11.5 Å². The molecule has 1 aromatic heterocycles. The summed E-state index contributed by atoms with van der Waals surface area (Å²) >= 11 is 0. The Hall–Kier alpha value is -2.21. The number of carbonyl (C=O) groups excluding carboxylic acids is 1. The summed E-state index contributed by atoms with van der Waals surface area (Å²) in [6, 6.07) is 5.45. The second-order valence-electron chi connectivity index (χ2n) is 5.32. The van der Waals surface area contributed by atoms with Gasteiger partial charge in [0.05, 0.1) is 25.8 Å². The summed E-state index contributed by atoms with van der Waals surface area (Å²) in [5.41, 5.74) is 1.28. The van der Waals surface area contributed by atoms with Crippen LogP contribution in [0.4, 0.5) is 0 Å². The number of H-pyrrole nitrogens is 1. The van der Waals surface area contributed by atoms with Crippen molar-refractivity contribution in [2.75, 3.05) is 27.4 Å². The molecular weight excluding hydrogens is 284 g/mol. The highest BCUT2D eigenvalue weighted by molar-refractivity contribution is 5.99. The maximum atomic E-state index is 12.3. The monoisotopic (exact) mass is 304 g/mol. The molecule has 2 N–H and O–H groups in total. The number of rotatable bonds is 5. The van der Waals surface area contributed by atoms with Gasteiger partial charge in [-0.2, -0.15) is 0 Å². The van der Waals surface area contributed by atoms with Gasteiger partial charge < -0.3 is 24.5 Å². The number of amides is 1. The second kappa shape index (κ2) is 6.27. The number of fused-ring (bicyclic) bond motifs is 1. The van der Waals surface area contributed by atoms with Gasteiger partial charge in [0.1, 0.15) is 17.2 Å². The highest BCUT2D eigenvalue weighted by atomic mass is 16.5. The molecule has 0 unspecified atom stereocenters. The fourth-order valence-electron chi connectivity index (χ4n) is 2.69. The molecule has 1 aromatic carbocycles. The van der Waals surface area contributed by atoms with E-state index < -0.39 is 0 Å². The Balaban J connectivity index is 1.79. The van der Waals surface area contributed by atoms with Crippen molar-refractivity contribution in [3.63, 3.8) is 0 Å². The highest BCUT2D eigenvalue weighted by Crippen LogP contribution is 2.31. The van der Waals surface area contributed by atoms with E-state index in [0.717, 1.165) is 30.4 Å². The molecule has 6 nitrogen and oxygen atoms in total. The number of hydrogen-bond donors (Lipinski definition) is 2. The van der Waals surface area contributed by atoms with Crippen LogP contribution in [0, 0.1) is 0 Å². The van der Waals surface area contributed by atoms with E-state index in [1.54, 1.807) is 26.4 Å². The standard InChI is InChI=1S/C16H20N2O4/c1-20-12-6-10-7-13(18-15(10)14(8-12)21-2)16(19)17-9-11-4-3-5-22-11/h6-8,11,18H,3-5,9H2,1-2H3,(H,17,19)/t11-/m1/s1. The SMILES string of the molecule is COc1cc(OC)c2[nH]c(C(=O)NC[C@H]3CCCO3)cc2c1. The Morgan fingerprint density at radius 2 is 2.23 bits per heavy atom. The van der Waals surface area contributed by atoms with Gasteiger partial charge in [-0.25, -0.2) is 0 Å². The topological polar surface area (TPSA) is 72.6 Å². The number of ether oxygens (including phenoxy) is 3. The lowest BCUT2D eigenvalue weighted by Crippen LogP contribution is -2.31. The first kappa shape index (κ1) is 14.7. The first-order valence-corrected chi connectivity index (χ1v) is 7.36. The zero-order valence-electron chi connectivity index (χ0n) is 12.8. The van der Waals surface area contributed by atoms with Crippen molar-refractivity contribution in [1.82, 2.24) is 10.3 Å². The lowest BCUT2D eigenvalue weighted by atomic mass is 10.2. The van der Waals surface area contributed by atoms with Crippen molar-refractivity contribution in [3.05, 3.63) is 23.9 Å². The molecular formula is C16H20N2O4. The van der Waals surface area contributed by atoms with Gasteiger partial charge in [0.2, 0.25) is 0 Å². The first-order chi connectivity index (χ1) is 10.7. The quantitative estimate of drug-likeness (QED) is 0.887. The number of methoxy groups -OCH3 is 2. The third-order valence-electron chi connectivity index (χ3n) is 3.88. The minimum atomic E-state index is -0.146. The molecule has 0 aliphatic carbocycles. The number of hydrogen-bond acceptors (Lipinski definition) is 4. The smallest absolute Gasteiger partial charge is 0.267 e. The summed E-state index contributed by atoms with van der Waals surface area (Å²) in [7, 11) is 3.19. The molecule has 0 saturated carbocycles. The van der Waals surface area contributed by atoms with Crippen LogP contribution in [0.2, 0.25) is 0 Å². The molecule has 1 fully saturated rings. The van der Waals surface area contributed by atoms with Gasteiger partial charge in [0.25, 0.3) is 5.91 Å². The van der Waals surface area contributed by atoms with Crippen LogP contribution in [0.25, 0.3) is 10.9 Å². The molecule has 0 spiro atoms. The van der Waals surface area contributed by atoms with Crippen LogP contribution in [-0.2, 0) is 4.74 Å². The van der Waals surface area contributed by atoms with Gasteiger partial charge in [-0.3, -0.25) is 4.79 Å². The first-order valence-electron chi connectivity index (χ1n) is 7.36. The lowest BCUT2D eigenvalue weighted by Gasteiger charge is -2.09. The van der Waals surface area contributed by atoms with E-state index in [9.17, 15) is 4.79 Å². The molecule has 0 bridgehead atoms. The predicted octanol–water partition coefficient (Wildman–Crippen LogP) is 2.09. The van der Waals surface area contributed by atoms with E-state index in [4.69, 9.17) is 14.2 Å². The Bertz CT molecular complexity index is 674. The van der Waals surface area contributed by atoms with Crippen LogP contribution in [0.1, 0.15) is 23.3 Å². The van der Waals surface area contributed by atoms with Gasteiger partial charge >= 0.3 is 0 Å². The largest absolute Gasteiger partial charge is 0.497 e. The number of aromatic amines is 1. The lowest BCUT2D eigenvalue weighted by molar-refractivity contribution is 0.0854. The highest BCUT2D eigenvalue weighted by Gasteiger charge is 2.18. The van der Waals surface area contributed by atoms with E-state index in [-0.39, 0.29) is 12.0 Å². The van der Waals surface area contributed by atoms with Crippen molar-refractivity contribution in [3.8, 4) is 11.5 Å².